The lowest BCUT2D eigenvalue weighted by molar-refractivity contribution is 0.0889. The molecule has 1 aromatic rings. The van der Waals surface area contributed by atoms with Crippen molar-refractivity contribution in [1.29, 1.82) is 0 Å². The highest BCUT2D eigenvalue weighted by Crippen LogP contribution is 2.19. The quantitative estimate of drug-likeness (QED) is 0.743. The predicted octanol–water partition coefficient (Wildman–Crippen LogP) is 3.33. The van der Waals surface area contributed by atoms with Crippen LogP contribution in [-0.4, -0.2) is 19.5 Å². The summed E-state index contributed by atoms with van der Waals surface area (Å²) in [7, 11) is 1.57. The van der Waals surface area contributed by atoms with Gasteiger partial charge in [0, 0.05) is 24.7 Å². The fraction of sp³-hybridized carbons (Fsp3) is 0.417. The summed E-state index contributed by atoms with van der Waals surface area (Å²) in [5.74, 6) is -1.04. The van der Waals surface area contributed by atoms with Gasteiger partial charge in [-0.15, -0.1) is 0 Å². The summed E-state index contributed by atoms with van der Waals surface area (Å²) in [5, 5.41) is 0.290. The molecule has 2 nitrogen and oxygen atoms in total. The number of methoxy groups -OCH3 is 1. The summed E-state index contributed by atoms with van der Waals surface area (Å²) in [4.78, 5) is 11.8. The van der Waals surface area contributed by atoms with Crippen LogP contribution in [0.3, 0.4) is 0 Å². The lowest BCUT2D eigenvalue weighted by atomic mass is 9.96. The number of hydrogen-bond donors (Lipinski definition) is 0. The molecule has 1 unspecified atom stereocenters. The second-order valence-electron chi connectivity index (χ2n) is 3.67. The van der Waals surface area contributed by atoms with Crippen molar-refractivity contribution in [3.05, 3.63) is 34.6 Å². The minimum absolute atomic E-state index is 0.0907. The van der Waals surface area contributed by atoms with E-state index in [1.807, 2.05) is 0 Å². The van der Waals surface area contributed by atoms with E-state index in [9.17, 15) is 9.18 Å². The third-order valence-corrected chi connectivity index (χ3v) is 2.63. The molecule has 0 fully saturated rings. The zero-order chi connectivity index (χ0) is 12.1. The first-order valence-electron chi connectivity index (χ1n) is 5.04. The summed E-state index contributed by atoms with van der Waals surface area (Å²) in [6, 6.07) is 4.09. The van der Waals surface area contributed by atoms with Gasteiger partial charge in [0.05, 0.1) is 5.56 Å². The Balaban J connectivity index is 2.79. The number of ketones is 1. The van der Waals surface area contributed by atoms with Crippen LogP contribution in [0.25, 0.3) is 0 Å². The van der Waals surface area contributed by atoms with E-state index in [2.05, 4.69) is 0 Å². The predicted molar refractivity (Wildman–Crippen MR) is 61.4 cm³/mol. The number of carbonyl (C=O) groups is 1. The van der Waals surface area contributed by atoms with Gasteiger partial charge in [0.25, 0.3) is 0 Å². The van der Waals surface area contributed by atoms with E-state index in [1.54, 1.807) is 14.0 Å². The molecule has 1 atom stereocenters. The molecule has 16 heavy (non-hydrogen) atoms. The Morgan fingerprint density at radius 1 is 1.56 bits per heavy atom. The Morgan fingerprint density at radius 3 is 2.81 bits per heavy atom. The van der Waals surface area contributed by atoms with Gasteiger partial charge in [0.2, 0.25) is 0 Å². The molecule has 0 aliphatic rings. The van der Waals surface area contributed by atoms with Crippen molar-refractivity contribution in [1.82, 2.24) is 0 Å². The average Bonchev–Trinajstić information content (AvgIpc) is 2.25. The zero-order valence-corrected chi connectivity index (χ0v) is 10.1. The summed E-state index contributed by atoms with van der Waals surface area (Å²) in [6.45, 7) is 2.25. The Hall–Kier alpha value is -0.930. The summed E-state index contributed by atoms with van der Waals surface area (Å²) in [5.41, 5.74) is 0.0907. The van der Waals surface area contributed by atoms with Gasteiger partial charge >= 0.3 is 0 Å². The summed E-state index contributed by atoms with van der Waals surface area (Å²) < 4.78 is 18.3. The van der Waals surface area contributed by atoms with Crippen LogP contribution in [0.2, 0.25) is 5.02 Å². The second-order valence-corrected chi connectivity index (χ2v) is 4.11. The highest BCUT2D eigenvalue weighted by atomic mass is 35.5. The maximum atomic E-state index is 13.4. The van der Waals surface area contributed by atoms with Gasteiger partial charge < -0.3 is 4.74 Å². The van der Waals surface area contributed by atoms with Gasteiger partial charge in [-0.05, 0) is 24.6 Å². The van der Waals surface area contributed by atoms with E-state index >= 15 is 0 Å². The molecule has 0 saturated heterocycles. The van der Waals surface area contributed by atoms with E-state index in [0.717, 1.165) is 6.07 Å². The summed E-state index contributed by atoms with van der Waals surface area (Å²) in [6.07, 6.45) is 0.581. The topological polar surface area (TPSA) is 26.3 Å². The van der Waals surface area contributed by atoms with E-state index in [0.29, 0.717) is 18.1 Å². The molecule has 0 saturated carbocycles. The molecule has 0 N–H and O–H groups in total. The molecule has 0 heterocycles. The van der Waals surface area contributed by atoms with Gasteiger partial charge in [-0.25, -0.2) is 4.39 Å². The molecule has 0 aromatic heterocycles. The maximum absolute atomic E-state index is 13.4. The highest BCUT2D eigenvalue weighted by molar-refractivity contribution is 6.30. The van der Waals surface area contributed by atoms with Crippen LogP contribution in [0.15, 0.2) is 18.2 Å². The molecule has 0 amide bonds. The smallest absolute Gasteiger partial charge is 0.168 e. The van der Waals surface area contributed by atoms with E-state index in [1.165, 1.54) is 12.1 Å². The molecule has 1 aromatic carbocycles. The Bertz CT molecular complexity index is 379. The van der Waals surface area contributed by atoms with Gasteiger partial charge in [0.15, 0.2) is 5.78 Å². The monoisotopic (exact) mass is 244 g/mol. The third-order valence-electron chi connectivity index (χ3n) is 2.40. The molecule has 0 aliphatic carbocycles. The van der Waals surface area contributed by atoms with Gasteiger partial charge in [-0.2, -0.15) is 0 Å². The fourth-order valence-electron chi connectivity index (χ4n) is 1.38. The molecule has 0 spiro atoms. The van der Waals surface area contributed by atoms with Crippen molar-refractivity contribution < 1.29 is 13.9 Å². The van der Waals surface area contributed by atoms with E-state index in [4.69, 9.17) is 16.3 Å². The minimum atomic E-state index is -0.568. The Morgan fingerprint density at radius 2 is 2.25 bits per heavy atom. The number of Topliss-reactive ketones (excluding diaryl/α,β-unsaturated/α-hetero) is 1. The van der Waals surface area contributed by atoms with Crippen molar-refractivity contribution in [2.45, 2.75) is 13.3 Å². The number of ether oxygens (including phenoxy) is 1. The van der Waals surface area contributed by atoms with Crippen molar-refractivity contribution in [2.24, 2.45) is 5.92 Å². The van der Waals surface area contributed by atoms with Crippen LogP contribution < -0.4 is 0 Å². The molecule has 4 heteroatoms. The molecule has 0 bridgehead atoms. The first kappa shape index (κ1) is 13.1. The van der Waals surface area contributed by atoms with Gasteiger partial charge in [-0.3, -0.25) is 4.79 Å². The normalized spacial score (nSPS) is 12.5. The number of halogens is 2. The van der Waals surface area contributed by atoms with Crippen molar-refractivity contribution in [3.8, 4) is 0 Å². The van der Waals surface area contributed by atoms with Crippen LogP contribution >= 0.6 is 11.6 Å². The SMILES string of the molecule is COCCC(C)C(=O)c1ccc(Cl)cc1F. The molecular weight excluding hydrogens is 231 g/mol. The largest absolute Gasteiger partial charge is 0.385 e. The first-order valence-corrected chi connectivity index (χ1v) is 5.42. The fourth-order valence-corrected chi connectivity index (χ4v) is 1.54. The average molecular weight is 245 g/mol. The molecular formula is C12H14ClFO2. The third kappa shape index (κ3) is 3.29. The minimum Gasteiger partial charge on any atom is -0.385 e. The van der Waals surface area contributed by atoms with Crippen molar-refractivity contribution >= 4 is 17.4 Å². The summed E-state index contributed by atoms with van der Waals surface area (Å²) >= 11 is 5.61. The van der Waals surface area contributed by atoms with Crippen LogP contribution in [0.5, 0.6) is 0 Å². The number of rotatable bonds is 5. The van der Waals surface area contributed by atoms with Crippen LogP contribution in [0.4, 0.5) is 4.39 Å². The lowest BCUT2D eigenvalue weighted by Gasteiger charge is -2.10. The van der Waals surface area contributed by atoms with Gasteiger partial charge in [0.1, 0.15) is 5.82 Å². The van der Waals surface area contributed by atoms with E-state index < -0.39 is 5.82 Å². The molecule has 0 aliphatic heterocycles. The molecule has 0 radical (unpaired) electrons. The van der Waals surface area contributed by atoms with Crippen molar-refractivity contribution in [3.63, 3.8) is 0 Å². The van der Waals surface area contributed by atoms with Gasteiger partial charge in [-0.1, -0.05) is 18.5 Å². The number of carbonyl (C=O) groups excluding carboxylic acids is 1. The maximum Gasteiger partial charge on any atom is 0.168 e. The first-order chi connectivity index (χ1) is 7.56. The molecule has 1 rings (SSSR count). The van der Waals surface area contributed by atoms with Crippen molar-refractivity contribution in [2.75, 3.05) is 13.7 Å². The highest BCUT2D eigenvalue weighted by Gasteiger charge is 2.18. The second kappa shape index (κ2) is 5.97. The Kier molecular flexibility index (Phi) is 4.90. The van der Waals surface area contributed by atoms with Crippen LogP contribution in [-0.2, 0) is 4.74 Å². The van der Waals surface area contributed by atoms with Crippen LogP contribution in [0.1, 0.15) is 23.7 Å². The number of benzene rings is 1. The molecule has 88 valence electrons. The number of hydrogen-bond acceptors (Lipinski definition) is 2. The zero-order valence-electron chi connectivity index (χ0n) is 9.30. The van der Waals surface area contributed by atoms with Crippen LogP contribution in [0, 0.1) is 11.7 Å². The Labute approximate surface area is 99.4 Å². The standard InChI is InChI=1S/C12H14ClFO2/c1-8(5-6-16-2)12(15)10-4-3-9(13)7-11(10)14/h3-4,7-8H,5-6H2,1-2H3. The van der Waals surface area contributed by atoms with E-state index in [-0.39, 0.29) is 17.3 Å². The lowest BCUT2D eigenvalue weighted by Crippen LogP contribution is -2.14.